The van der Waals surface area contributed by atoms with Gasteiger partial charge >= 0.3 is 5.97 Å². The van der Waals surface area contributed by atoms with E-state index < -0.39 is 96.0 Å². The summed E-state index contributed by atoms with van der Waals surface area (Å²) in [7, 11) is 0. The average Bonchev–Trinajstić information content (AvgIpc) is 4.03. The number of hydrogen-bond acceptors (Lipinski definition) is 15. The minimum absolute atomic E-state index is 0.00105. The van der Waals surface area contributed by atoms with Crippen molar-refractivity contribution in [3.8, 4) is 11.6 Å². The normalized spacial score (nSPS) is 18.3. The molecule has 2 fully saturated rings. The molecule has 3 aliphatic heterocycles. The van der Waals surface area contributed by atoms with Crippen LogP contribution in [-0.2, 0) is 49.5 Å². The molecule has 9 amide bonds. The molecular weight excluding hydrogens is 851 g/mol. The van der Waals surface area contributed by atoms with Crippen molar-refractivity contribution in [2.45, 2.75) is 75.8 Å². The molecule has 4 heterocycles. The van der Waals surface area contributed by atoms with Gasteiger partial charge in [0.25, 0.3) is 11.8 Å². The number of epoxide rings is 1. The molecule has 5 atom stereocenters. The fourth-order valence-electron chi connectivity index (χ4n) is 7.01. The predicted molar refractivity (Wildman–Crippen MR) is 224 cm³/mol. The first kappa shape index (κ1) is 46.7. The Bertz CT molecular complexity index is 2340. The highest BCUT2D eigenvalue weighted by Crippen LogP contribution is 2.32. The van der Waals surface area contributed by atoms with Crippen LogP contribution in [0.2, 0.25) is 0 Å². The van der Waals surface area contributed by atoms with Crippen LogP contribution in [0.15, 0.2) is 66.9 Å². The standard InChI is InChI=1S/C43H47N9O13/c1-23(53)46-20-29(38(58)48-22-34(57)47-21-31-37(64-31)43(63)65-35-9-2-3-18-45-35)50-39(59)28(15-12-24-10-13-25(54)14-11-24)49-32(55)8-5-19-44-27-7-4-6-26-36(27)42(62)52(41(26)61)30-16-17-33(56)51-40(30)60/h2-4,6-7,9-11,13-14,18,28-31,37,44,54H,5,8,12,15-17,19-22H2,1H3,(H,46,53)(H,47,57)(H,48,58)(H,49,55)(H,50,59)(H,51,56,60). The van der Waals surface area contributed by atoms with Gasteiger partial charge in [-0.25, -0.2) is 9.78 Å². The minimum atomic E-state index is -1.39. The van der Waals surface area contributed by atoms with Gasteiger partial charge in [0.2, 0.25) is 47.2 Å². The predicted octanol–water partition coefficient (Wildman–Crippen LogP) is -1.28. The van der Waals surface area contributed by atoms with Crippen LogP contribution >= 0.6 is 0 Å². The second kappa shape index (κ2) is 21.6. The lowest BCUT2D eigenvalue weighted by molar-refractivity contribution is -0.137. The van der Waals surface area contributed by atoms with Crippen LogP contribution in [0, 0.1) is 0 Å². The molecule has 3 aliphatic rings. The van der Waals surface area contributed by atoms with Gasteiger partial charge in [-0.15, -0.1) is 0 Å². The van der Waals surface area contributed by atoms with Gasteiger partial charge in [-0.3, -0.25) is 53.4 Å². The van der Waals surface area contributed by atoms with Crippen molar-refractivity contribution in [2.24, 2.45) is 0 Å². The first-order valence-corrected chi connectivity index (χ1v) is 20.7. The molecule has 0 bridgehead atoms. The number of carbonyl (C=O) groups is 10. The number of pyridine rings is 1. The lowest BCUT2D eigenvalue weighted by Crippen LogP contribution is -2.57. The van der Waals surface area contributed by atoms with Gasteiger partial charge in [-0.2, -0.15) is 0 Å². The number of anilines is 1. The highest BCUT2D eigenvalue weighted by Gasteiger charge is 2.47. The number of ether oxygens (including phenoxy) is 2. The number of amides is 9. The fraction of sp³-hybridized carbons (Fsp3) is 0.372. The summed E-state index contributed by atoms with van der Waals surface area (Å²) in [4.78, 5) is 133. The lowest BCUT2D eigenvalue weighted by Gasteiger charge is -2.27. The molecular formula is C43H47N9O13. The van der Waals surface area contributed by atoms with Crippen LogP contribution in [-0.4, -0.2) is 131 Å². The van der Waals surface area contributed by atoms with Crippen molar-refractivity contribution < 1.29 is 62.5 Å². The van der Waals surface area contributed by atoms with E-state index >= 15 is 0 Å². The van der Waals surface area contributed by atoms with E-state index in [4.69, 9.17) is 9.47 Å². The Kier molecular flexibility index (Phi) is 15.5. The van der Waals surface area contributed by atoms with Crippen LogP contribution in [0.1, 0.15) is 65.3 Å². The molecule has 8 N–H and O–H groups in total. The summed E-state index contributed by atoms with van der Waals surface area (Å²) >= 11 is 0. The number of carbonyl (C=O) groups excluding carboxylic acids is 10. The third-order valence-electron chi connectivity index (χ3n) is 10.4. The van der Waals surface area contributed by atoms with Gasteiger partial charge in [0, 0.05) is 57.4 Å². The molecule has 22 nitrogen and oxygen atoms in total. The Morgan fingerprint density at radius 2 is 1.68 bits per heavy atom. The summed E-state index contributed by atoms with van der Waals surface area (Å²) in [5.41, 5.74) is 1.16. The number of imide groups is 2. The fourth-order valence-corrected chi connectivity index (χ4v) is 7.01. The molecule has 0 radical (unpaired) electrons. The number of rotatable bonds is 21. The number of aromatic hydroxyl groups is 1. The molecule has 2 aromatic carbocycles. The summed E-state index contributed by atoms with van der Waals surface area (Å²) in [5, 5.41) is 27.6. The molecule has 0 saturated carbocycles. The number of fused-ring (bicyclic) bond motifs is 1. The van der Waals surface area contributed by atoms with Gasteiger partial charge in [-0.05, 0) is 61.6 Å². The highest BCUT2D eigenvalue weighted by molar-refractivity contribution is 6.25. The summed E-state index contributed by atoms with van der Waals surface area (Å²) < 4.78 is 10.4. The smallest absolute Gasteiger partial charge is 0.344 e. The number of aromatic nitrogens is 1. The van der Waals surface area contributed by atoms with E-state index in [0.29, 0.717) is 5.69 Å². The quantitative estimate of drug-likeness (QED) is 0.0268. The van der Waals surface area contributed by atoms with Crippen LogP contribution in [0.5, 0.6) is 11.6 Å². The molecule has 1 aromatic heterocycles. The molecule has 65 heavy (non-hydrogen) atoms. The maximum atomic E-state index is 13.8. The molecule has 0 aliphatic carbocycles. The maximum Gasteiger partial charge on any atom is 0.344 e. The number of phenolic OH excluding ortho intramolecular Hbond substituents is 1. The van der Waals surface area contributed by atoms with E-state index in [9.17, 15) is 53.1 Å². The van der Waals surface area contributed by atoms with E-state index in [1.165, 1.54) is 37.4 Å². The second-order valence-electron chi connectivity index (χ2n) is 15.2. The number of benzene rings is 2. The molecule has 22 heteroatoms. The number of nitrogens with one attached hydrogen (secondary N) is 7. The number of nitrogens with zero attached hydrogens (tertiary/aromatic N) is 2. The van der Waals surface area contributed by atoms with Crippen LogP contribution in [0.3, 0.4) is 0 Å². The number of esters is 1. The van der Waals surface area contributed by atoms with Gasteiger partial charge in [-0.1, -0.05) is 24.3 Å². The first-order chi connectivity index (χ1) is 31.2. The molecule has 342 valence electrons. The Hall–Kier alpha value is -7.75. The van der Waals surface area contributed by atoms with Crippen molar-refractivity contribution in [1.82, 2.24) is 41.8 Å². The summed E-state index contributed by atoms with van der Waals surface area (Å²) in [6, 6.07) is 11.9. The average molecular weight is 898 g/mol. The number of aryl methyl sites for hydroxylation is 1. The van der Waals surface area contributed by atoms with Gasteiger partial charge in [0.05, 0.1) is 17.7 Å². The van der Waals surface area contributed by atoms with Gasteiger partial charge in [0.15, 0.2) is 6.10 Å². The third kappa shape index (κ3) is 12.7. The monoisotopic (exact) mass is 897 g/mol. The molecule has 6 rings (SSSR count). The van der Waals surface area contributed by atoms with Crippen LogP contribution < -0.4 is 42.0 Å². The Labute approximate surface area is 370 Å². The van der Waals surface area contributed by atoms with Crippen LogP contribution in [0.4, 0.5) is 5.69 Å². The number of hydrogen-bond donors (Lipinski definition) is 8. The zero-order valence-corrected chi connectivity index (χ0v) is 35.0. The highest BCUT2D eigenvalue weighted by atomic mass is 16.6. The van der Waals surface area contributed by atoms with Crippen molar-refractivity contribution in [2.75, 3.05) is 31.5 Å². The topological polar surface area (TPSA) is 313 Å². The summed E-state index contributed by atoms with van der Waals surface area (Å²) in [6.07, 6.45) is 0.239. The lowest BCUT2D eigenvalue weighted by atomic mass is 10.0. The SMILES string of the molecule is CC(=O)NCC(NC(=O)C(CCc1ccc(O)cc1)NC(=O)CCCNc1cccc2c1C(=O)N(C1CCC(=O)NC1=O)C2=O)C(=O)NCC(=O)NCC1OC1C(=O)Oc1ccccn1. The van der Waals surface area contributed by atoms with Crippen molar-refractivity contribution in [3.05, 3.63) is 83.6 Å². The second-order valence-corrected chi connectivity index (χ2v) is 15.2. The summed E-state index contributed by atoms with van der Waals surface area (Å²) in [6.45, 7) is 0.383. The minimum Gasteiger partial charge on any atom is -0.508 e. The van der Waals surface area contributed by atoms with Gasteiger partial charge < -0.3 is 46.5 Å². The van der Waals surface area contributed by atoms with Crippen LogP contribution in [0.25, 0.3) is 0 Å². The molecule has 2 saturated heterocycles. The van der Waals surface area contributed by atoms with Crippen molar-refractivity contribution >= 4 is 64.8 Å². The zero-order valence-electron chi connectivity index (χ0n) is 35.0. The van der Waals surface area contributed by atoms with E-state index in [1.54, 1.807) is 36.4 Å². The molecule has 0 spiro atoms. The Balaban J connectivity index is 1.01. The van der Waals surface area contributed by atoms with E-state index in [1.807, 2.05) is 0 Å². The molecule has 5 unspecified atom stereocenters. The third-order valence-corrected chi connectivity index (χ3v) is 10.4. The van der Waals surface area contributed by atoms with E-state index in [2.05, 4.69) is 42.2 Å². The largest absolute Gasteiger partial charge is 0.508 e. The maximum absolute atomic E-state index is 13.8. The van der Waals surface area contributed by atoms with E-state index in [-0.39, 0.29) is 80.9 Å². The van der Waals surface area contributed by atoms with Crippen molar-refractivity contribution in [1.29, 1.82) is 0 Å². The zero-order chi connectivity index (χ0) is 46.6. The number of phenols is 1. The number of piperidine rings is 1. The van der Waals surface area contributed by atoms with E-state index in [0.717, 1.165) is 10.5 Å². The van der Waals surface area contributed by atoms with Crippen molar-refractivity contribution in [3.63, 3.8) is 0 Å². The Morgan fingerprint density at radius 1 is 0.892 bits per heavy atom. The summed E-state index contributed by atoms with van der Waals surface area (Å²) in [5.74, 6) is -6.47. The first-order valence-electron chi connectivity index (χ1n) is 20.7. The molecule has 3 aromatic rings. The van der Waals surface area contributed by atoms with Gasteiger partial charge in [0.1, 0.15) is 30.0 Å². The Morgan fingerprint density at radius 3 is 2.40 bits per heavy atom.